The molecule has 1 saturated carbocycles. The van der Waals surface area contributed by atoms with Crippen molar-refractivity contribution in [2.45, 2.75) is 83.0 Å². The van der Waals surface area contributed by atoms with Crippen molar-refractivity contribution in [1.29, 1.82) is 0 Å². The summed E-state index contributed by atoms with van der Waals surface area (Å²) in [7, 11) is 0. The minimum atomic E-state index is -0.754. The number of carbonyl (C=O) groups is 4. The molecule has 224 valence electrons. The number of ketones is 1. The lowest BCUT2D eigenvalue weighted by atomic mass is 9.83. The number of nitrogens with zero attached hydrogens (tertiary/aromatic N) is 3. The average molecular weight is 567 g/mol. The summed E-state index contributed by atoms with van der Waals surface area (Å²) in [4.78, 5) is 59.3. The van der Waals surface area contributed by atoms with Crippen LogP contribution in [-0.4, -0.2) is 96.7 Å². The van der Waals surface area contributed by atoms with Crippen LogP contribution in [0.15, 0.2) is 24.3 Å². The second kappa shape index (κ2) is 12.9. The molecule has 0 spiro atoms. The lowest BCUT2D eigenvalue weighted by Gasteiger charge is -2.32. The van der Waals surface area contributed by atoms with Crippen LogP contribution in [-0.2, 0) is 14.4 Å². The van der Waals surface area contributed by atoms with E-state index in [9.17, 15) is 19.2 Å². The molecule has 4 N–H and O–H groups in total. The van der Waals surface area contributed by atoms with Gasteiger partial charge in [-0.05, 0) is 61.8 Å². The van der Waals surface area contributed by atoms with Gasteiger partial charge < -0.3 is 31.1 Å². The smallest absolute Gasteiger partial charge is 0.251 e. The maximum Gasteiger partial charge on any atom is 0.251 e. The van der Waals surface area contributed by atoms with Gasteiger partial charge in [0.15, 0.2) is 5.78 Å². The number of fused-ring (bicyclic) bond motifs is 1. The zero-order valence-corrected chi connectivity index (χ0v) is 24.5. The van der Waals surface area contributed by atoms with Gasteiger partial charge in [-0.2, -0.15) is 0 Å². The van der Waals surface area contributed by atoms with Crippen LogP contribution < -0.4 is 21.3 Å². The number of hydrogen-bond donors (Lipinski definition) is 3. The Bertz CT molecular complexity index is 1110. The summed E-state index contributed by atoms with van der Waals surface area (Å²) in [6.45, 7) is 8.10. The first kappa shape index (κ1) is 29.5. The third-order valence-corrected chi connectivity index (χ3v) is 9.35. The number of likely N-dealkylation sites (tertiary alicyclic amines) is 2. The topological polar surface area (TPSA) is 128 Å². The quantitative estimate of drug-likeness (QED) is 0.435. The summed E-state index contributed by atoms with van der Waals surface area (Å²) in [5.74, 6) is -0.535. The van der Waals surface area contributed by atoms with Gasteiger partial charge in [-0.25, -0.2) is 0 Å². The zero-order valence-electron chi connectivity index (χ0n) is 24.5. The number of carbonyl (C=O) groups excluding carboxylic acids is 4. The molecule has 3 amide bonds. The average Bonchev–Trinajstić information content (AvgIpc) is 3.57. The van der Waals surface area contributed by atoms with Crippen LogP contribution in [0.2, 0.25) is 0 Å². The zero-order chi connectivity index (χ0) is 29.1. The molecular formula is C31H46N6O4. The Morgan fingerprint density at radius 1 is 0.951 bits per heavy atom. The molecule has 4 unspecified atom stereocenters. The molecule has 41 heavy (non-hydrogen) atoms. The van der Waals surface area contributed by atoms with Gasteiger partial charge in [0, 0.05) is 44.0 Å². The Balaban J connectivity index is 1.25. The molecule has 0 bridgehead atoms. The van der Waals surface area contributed by atoms with Crippen LogP contribution in [0.25, 0.3) is 0 Å². The molecule has 10 heteroatoms. The van der Waals surface area contributed by atoms with Crippen molar-refractivity contribution in [3.63, 3.8) is 0 Å². The second-order valence-electron chi connectivity index (χ2n) is 12.6. The summed E-state index contributed by atoms with van der Waals surface area (Å²) in [5.41, 5.74) is 7.99. The molecule has 1 aliphatic carbocycles. The van der Waals surface area contributed by atoms with Crippen molar-refractivity contribution < 1.29 is 19.2 Å². The fourth-order valence-corrected chi connectivity index (χ4v) is 7.13. The first-order chi connectivity index (χ1) is 19.7. The molecule has 1 aromatic rings. The monoisotopic (exact) mass is 566 g/mol. The second-order valence-corrected chi connectivity index (χ2v) is 12.6. The van der Waals surface area contributed by atoms with Gasteiger partial charge >= 0.3 is 0 Å². The van der Waals surface area contributed by atoms with Crippen molar-refractivity contribution >= 4 is 29.2 Å². The fraction of sp³-hybridized carbons (Fsp3) is 0.677. The predicted molar refractivity (Wildman–Crippen MR) is 157 cm³/mol. The van der Waals surface area contributed by atoms with Crippen molar-refractivity contribution in [1.82, 2.24) is 20.4 Å². The highest BCUT2D eigenvalue weighted by atomic mass is 16.2. The number of hydrogen-bond acceptors (Lipinski definition) is 7. The van der Waals surface area contributed by atoms with Crippen LogP contribution in [0.1, 0.15) is 69.2 Å². The van der Waals surface area contributed by atoms with E-state index in [2.05, 4.69) is 15.5 Å². The molecule has 4 atom stereocenters. The van der Waals surface area contributed by atoms with Crippen LogP contribution in [0, 0.1) is 11.8 Å². The number of nitrogens with two attached hydrogens (primary N) is 1. The summed E-state index contributed by atoms with van der Waals surface area (Å²) >= 11 is 0. The number of nitrogens with one attached hydrogen (secondary N) is 2. The molecule has 0 aromatic heterocycles. The third-order valence-electron chi connectivity index (χ3n) is 9.35. The van der Waals surface area contributed by atoms with Crippen LogP contribution >= 0.6 is 0 Å². The third kappa shape index (κ3) is 6.43. The van der Waals surface area contributed by atoms with Gasteiger partial charge in [-0.15, -0.1) is 0 Å². The number of Topliss-reactive ketones (excluding diaryl/α,β-unsaturated/α-hetero) is 1. The summed E-state index contributed by atoms with van der Waals surface area (Å²) in [5, 5.41) is 6.30. The van der Waals surface area contributed by atoms with E-state index in [0.717, 1.165) is 57.5 Å². The van der Waals surface area contributed by atoms with Crippen LogP contribution in [0.4, 0.5) is 5.69 Å². The van der Waals surface area contributed by atoms with Gasteiger partial charge in [0.2, 0.25) is 11.8 Å². The Hall–Kier alpha value is -2.98. The van der Waals surface area contributed by atoms with E-state index in [1.807, 2.05) is 26.0 Å². The predicted octanol–water partition coefficient (Wildman–Crippen LogP) is 1.53. The summed E-state index contributed by atoms with van der Waals surface area (Å²) in [6, 6.07) is 5.13. The first-order valence-corrected chi connectivity index (χ1v) is 15.5. The summed E-state index contributed by atoms with van der Waals surface area (Å²) < 4.78 is 0. The minimum absolute atomic E-state index is 0.000990. The van der Waals surface area contributed by atoms with Crippen LogP contribution in [0.3, 0.4) is 0 Å². The number of benzene rings is 1. The largest absolute Gasteiger partial charge is 0.369 e. The molecular weight excluding hydrogens is 520 g/mol. The molecule has 5 rings (SSSR count). The minimum Gasteiger partial charge on any atom is -0.369 e. The van der Waals surface area contributed by atoms with Gasteiger partial charge in [-0.1, -0.05) is 33.1 Å². The van der Waals surface area contributed by atoms with Crippen molar-refractivity contribution in [3.8, 4) is 0 Å². The van der Waals surface area contributed by atoms with E-state index in [0.29, 0.717) is 24.9 Å². The highest BCUT2D eigenvalue weighted by Gasteiger charge is 2.53. The van der Waals surface area contributed by atoms with Gasteiger partial charge in [-0.3, -0.25) is 19.2 Å². The Labute approximate surface area is 243 Å². The lowest BCUT2D eigenvalue weighted by molar-refractivity contribution is -0.138. The number of anilines is 1. The fourth-order valence-electron chi connectivity index (χ4n) is 7.13. The van der Waals surface area contributed by atoms with Gasteiger partial charge in [0.25, 0.3) is 5.91 Å². The molecule has 3 aliphatic heterocycles. The van der Waals surface area contributed by atoms with E-state index in [4.69, 9.17) is 5.73 Å². The molecule has 4 fully saturated rings. The van der Waals surface area contributed by atoms with E-state index in [1.165, 1.54) is 6.42 Å². The highest BCUT2D eigenvalue weighted by molar-refractivity contribution is 6.01. The van der Waals surface area contributed by atoms with Crippen molar-refractivity contribution in [2.75, 3.05) is 44.2 Å². The maximum absolute atomic E-state index is 13.9. The molecule has 10 nitrogen and oxygen atoms in total. The Morgan fingerprint density at radius 3 is 2.29 bits per heavy atom. The molecule has 3 heterocycles. The number of rotatable bonds is 8. The van der Waals surface area contributed by atoms with E-state index < -0.39 is 18.1 Å². The molecule has 4 aliphatic rings. The summed E-state index contributed by atoms with van der Waals surface area (Å²) in [6.07, 6.45) is 6.24. The highest BCUT2D eigenvalue weighted by Crippen LogP contribution is 2.33. The van der Waals surface area contributed by atoms with Crippen molar-refractivity contribution in [3.05, 3.63) is 29.8 Å². The number of piperazine rings is 1. The van der Waals surface area contributed by atoms with Gasteiger partial charge in [0.05, 0.1) is 18.6 Å². The normalized spacial score (nSPS) is 24.9. The lowest BCUT2D eigenvalue weighted by Crippen LogP contribution is -2.53. The van der Waals surface area contributed by atoms with Crippen molar-refractivity contribution in [2.24, 2.45) is 17.6 Å². The number of amides is 3. The van der Waals surface area contributed by atoms with Gasteiger partial charge in [0.1, 0.15) is 12.1 Å². The van der Waals surface area contributed by atoms with E-state index in [1.54, 1.807) is 21.9 Å². The molecule has 3 saturated heterocycles. The molecule has 1 aromatic carbocycles. The maximum atomic E-state index is 13.9. The van der Waals surface area contributed by atoms with E-state index >= 15 is 0 Å². The molecule has 0 radical (unpaired) electrons. The van der Waals surface area contributed by atoms with E-state index in [-0.39, 0.29) is 47.9 Å². The Kier molecular flexibility index (Phi) is 9.28. The van der Waals surface area contributed by atoms with Crippen LogP contribution in [0.5, 0.6) is 0 Å². The first-order valence-electron chi connectivity index (χ1n) is 15.5. The Morgan fingerprint density at radius 2 is 1.63 bits per heavy atom. The SMILES string of the molecule is CC(C)CC(NC(=O)c1ccc(N2CCNCC2)cc1)C(=O)N1CCC2C1C(=O)CN2C(=O)C(N)C1CCCCC1. The standard InChI is InChI=1S/C31H46N6O4/c1-20(2)18-24(34-29(39)22-8-10-23(11-9-22)35-16-13-33-14-17-35)30(40)36-15-12-25-28(36)26(38)19-37(25)31(41)27(32)21-6-4-3-5-7-21/h8-11,20-21,24-25,27-28,33H,3-7,12-19,32H2,1-2H3,(H,34,39).